The Kier molecular flexibility index (Phi) is 3.05. The Morgan fingerprint density at radius 3 is 2.88 bits per heavy atom. The molecule has 0 radical (unpaired) electrons. The first-order chi connectivity index (χ1) is 7.72. The summed E-state index contributed by atoms with van der Waals surface area (Å²) >= 11 is 0. The summed E-state index contributed by atoms with van der Waals surface area (Å²) in [5.41, 5.74) is 2.95. The Morgan fingerprint density at radius 1 is 1.44 bits per heavy atom. The molecule has 2 aromatic rings. The number of hydrogen-bond donors (Lipinski definition) is 1. The van der Waals surface area contributed by atoms with Crippen molar-refractivity contribution in [3.63, 3.8) is 0 Å². The predicted molar refractivity (Wildman–Crippen MR) is 60.5 cm³/mol. The molecule has 0 spiro atoms. The minimum Gasteiger partial charge on any atom is -0.431 e. The highest BCUT2D eigenvalue weighted by atomic mass is 16.4. The van der Waals surface area contributed by atoms with Crippen LogP contribution in [0.1, 0.15) is 24.0 Å². The molecule has 0 aliphatic carbocycles. The summed E-state index contributed by atoms with van der Waals surface area (Å²) in [5, 5.41) is 3.20. The Balaban J connectivity index is 2.21. The van der Waals surface area contributed by atoms with Crippen molar-refractivity contribution in [2.45, 2.75) is 27.3 Å². The minimum atomic E-state index is 0.575. The van der Waals surface area contributed by atoms with Crippen molar-refractivity contribution in [1.82, 2.24) is 19.9 Å². The van der Waals surface area contributed by atoms with E-state index < -0.39 is 0 Å². The second-order valence-corrected chi connectivity index (χ2v) is 3.69. The van der Waals surface area contributed by atoms with E-state index in [9.17, 15) is 0 Å². The first kappa shape index (κ1) is 10.9. The van der Waals surface area contributed by atoms with Crippen LogP contribution in [0, 0.1) is 13.8 Å². The van der Waals surface area contributed by atoms with Crippen molar-refractivity contribution in [2.75, 3.05) is 6.54 Å². The second kappa shape index (κ2) is 4.49. The van der Waals surface area contributed by atoms with Gasteiger partial charge in [0.1, 0.15) is 12.6 Å². The van der Waals surface area contributed by atoms with E-state index in [0.29, 0.717) is 6.01 Å². The van der Waals surface area contributed by atoms with E-state index in [1.165, 1.54) is 0 Å². The molecule has 0 unspecified atom stereocenters. The van der Waals surface area contributed by atoms with Crippen LogP contribution in [-0.4, -0.2) is 21.1 Å². The summed E-state index contributed by atoms with van der Waals surface area (Å²) in [4.78, 5) is 8.60. The summed E-state index contributed by atoms with van der Waals surface area (Å²) in [5.74, 6) is 0. The zero-order valence-corrected chi connectivity index (χ0v) is 9.82. The molecule has 86 valence electrons. The normalized spacial score (nSPS) is 10.9. The fourth-order valence-electron chi connectivity index (χ4n) is 1.43. The van der Waals surface area contributed by atoms with Crippen LogP contribution in [-0.2, 0) is 6.54 Å². The van der Waals surface area contributed by atoms with Gasteiger partial charge in [-0.15, -0.1) is 0 Å². The molecule has 0 aliphatic heterocycles. The largest absolute Gasteiger partial charge is 0.431 e. The molecule has 0 saturated heterocycles. The predicted octanol–water partition coefficient (Wildman–Crippen LogP) is 1.59. The SMILES string of the molecule is CCNCc1coc(-n2cnc(C)c2C)n1. The number of aromatic nitrogens is 3. The van der Waals surface area contributed by atoms with Crippen molar-refractivity contribution in [2.24, 2.45) is 0 Å². The summed E-state index contributed by atoms with van der Waals surface area (Å²) in [6.07, 6.45) is 3.40. The molecule has 0 atom stereocenters. The summed E-state index contributed by atoms with van der Waals surface area (Å²) < 4.78 is 7.27. The van der Waals surface area contributed by atoms with Gasteiger partial charge in [0.25, 0.3) is 0 Å². The van der Waals surface area contributed by atoms with Gasteiger partial charge in [-0.1, -0.05) is 6.92 Å². The quantitative estimate of drug-likeness (QED) is 0.850. The Bertz CT molecular complexity index is 472. The van der Waals surface area contributed by atoms with Gasteiger partial charge in [-0.05, 0) is 20.4 Å². The van der Waals surface area contributed by atoms with Gasteiger partial charge in [0.05, 0.1) is 11.4 Å². The number of rotatable bonds is 4. The van der Waals surface area contributed by atoms with Crippen LogP contribution in [0.25, 0.3) is 6.01 Å². The molecule has 0 aromatic carbocycles. The zero-order valence-electron chi connectivity index (χ0n) is 9.82. The van der Waals surface area contributed by atoms with Gasteiger partial charge in [0.15, 0.2) is 0 Å². The first-order valence-corrected chi connectivity index (χ1v) is 5.38. The van der Waals surface area contributed by atoms with Crippen LogP contribution >= 0.6 is 0 Å². The van der Waals surface area contributed by atoms with E-state index in [0.717, 1.165) is 30.2 Å². The van der Waals surface area contributed by atoms with E-state index in [-0.39, 0.29) is 0 Å². The number of imidazole rings is 1. The van der Waals surface area contributed by atoms with Crippen molar-refractivity contribution in [3.8, 4) is 6.01 Å². The fourth-order valence-corrected chi connectivity index (χ4v) is 1.43. The van der Waals surface area contributed by atoms with Gasteiger partial charge < -0.3 is 9.73 Å². The third kappa shape index (κ3) is 1.99. The molecule has 5 nitrogen and oxygen atoms in total. The van der Waals surface area contributed by atoms with Gasteiger partial charge in [0.2, 0.25) is 0 Å². The lowest BCUT2D eigenvalue weighted by Crippen LogP contribution is -2.12. The second-order valence-electron chi connectivity index (χ2n) is 3.69. The van der Waals surface area contributed by atoms with E-state index in [1.807, 2.05) is 18.4 Å². The Morgan fingerprint density at radius 2 is 2.25 bits per heavy atom. The molecule has 0 fully saturated rings. The maximum Gasteiger partial charge on any atom is 0.307 e. The van der Waals surface area contributed by atoms with Gasteiger partial charge in [-0.3, -0.25) is 4.57 Å². The highest BCUT2D eigenvalue weighted by Crippen LogP contribution is 2.13. The molecule has 2 aromatic heterocycles. The molecule has 2 rings (SSSR count). The van der Waals surface area contributed by atoms with Crippen LogP contribution in [0.5, 0.6) is 0 Å². The third-order valence-corrected chi connectivity index (χ3v) is 2.55. The summed E-state index contributed by atoms with van der Waals surface area (Å²) in [6, 6.07) is 0.575. The molecule has 1 N–H and O–H groups in total. The molecule has 2 heterocycles. The van der Waals surface area contributed by atoms with Crippen LogP contribution < -0.4 is 5.32 Å². The van der Waals surface area contributed by atoms with Crippen molar-refractivity contribution >= 4 is 0 Å². The molecular formula is C11H16N4O. The first-order valence-electron chi connectivity index (χ1n) is 5.38. The molecular weight excluding hydrogens is 204 g/mol. The highest BCUT2D eigenvalue weighted by molar-refractivity contribution is 5.19. The van der Waals surface area contributed by atoms with Crippen LogP contribution in [0.15, 0.2) is 17.0 Å². The van der Waals surface area contributed by atoms with E-state index >= 15 is 0 Å². The average molecular weight is 220 g/mol. The number of nitrogens with one attached hydrogen (secondary N) is 1. The van der Waals surface area contributed by atoms with E-state index in [2.05, 4.69) is 22.2 Å². The number of oxazole rings is 1. The lowest BCUT2D eigenvalue weighted by atomic mass is 10.4. The number of nitrogens with zero attached hydrogens (tertiary/aromatic N) is 3. The Labute approximate surface area is 94.5 Å². The van der Waals surface area contributed by atoms with Crippen molar-refractivity contribution in [3.05, 3.63) is 29.7 Å². The summed E-state index contributed by atoms with van der Waals surface area (Å²) in [6.45, 7) is 7.67. The van der Waals surface area contributed by atoms with Crippen LogP contribution in [0.3, 0.4) is 0 Å². The lowest BCUT2D eigenvalue weighted by Gasteiger charge is -1.98. The van der Waals surface area contributed by atoms with Gasteiger partial charge in [-0.2, -0.15) is 4.98 Å². The number of aryl methyl sites for hydroxylation is 1. The number of hydrogen-bond acceptors (Lipinski definition) is 4. The highest BCUT2D eigenvalue weighted by Gasteiger charge is 2.09. The van der Waals surface area contributed by atoms with Gasteiger partial charge >= 0.3 is 6.01 Å². The van der Waals surface area contributed by atoms with Crippen molar-refractivity contribution in [1.29, 1.82) is 0 Å². The smallest absolute Gasteiger partial charge is 0.307 e. The topological polar surface area (TPSA) is 55.9 Å². The van der Waals surface area contributed by atoms with Crippen LogP contribution in [0.2, 0.25) is 0 Å². The maximum absolute atomic E-state index is 5.41. The zero-order chi connectivity index (χ0) is 11.5. The monoisotopic (exact) mass is 220 g/mol. The standard InChI is InChI=1S/C11H16N4O/c1-4-12-5-10-6-16-11(14-10)15-7-13-8(2)9(15)3/h6-7,12H,4-5H2,1-3H3. The fraction of sp³-hybridized carbons (Fsp3) is 0.455. The minimum absolute atomic E-state index is 0.575. The Hall–Kier alpha value is -1.62. The molecule has 16 heavy (non-hydrogen) atoms. The molecule has 0 saturated carbocycles. The molecule has 5 heteroatoms. The van der Waals surface area contributed by atoms with E-state index in [4.69, 9.17) is 4.42 Å². The third-order valence-electron chi connectivity index (χ3n) is 2.55. The molecule has 0 aliphatic rings. The van der Waals surface area contributed by atoms with E-state index in [1.54, 1.807) is 12.6 Å². The average Bonchev–Trinajstić information content (AvgIpc) is 2.85. The van der Waals surface area contributed by atoms with Gasteiger partial charge in [-0.25, -0.2) is 4.98 Å². The summed E-state index contributed by atoms with van der Waals surface area (Å²) in [7, 11) is 0. The molecule has 0 amide bonds. The molecule has 0 bridgehead atoms. The van der Waals surface area contributed by atoms with Gasteiger partial charge in [0, 0.05) is 12.2 Å². The van der Waals surface area contributed by atoms with Crippen molar-refractivity contribution < 1.29 is 4.42 Å². The maximum atomic E-state index is 5.41. The van der Waals surface area contributed by atoms with Crippen LogP contribution in [0.4, 0.5) is 0 Å². The lowest BCUT2D eigenvalue weighted by molar-refractivity contribution is 0.522.